The summed E-state index contributed by atoms with van der Waals surface area (Å²) in [6, 6.07) is 4.38. The minimum Gasteiger partial charge on any atom is -0.496 e. The molecule has 0 heterocycles. The summed E-state index contributed by atoms with van der Waals surface area (Å²) in [5, 5.41) is 3.34. The first-order valence-electron chi connectivity index (χ1n) is 6.80. The number of methoxy groups -OCH3 is 1. The third-order valence-corrected chi connectivity index (χ3v) is 3.48. The van der Waals surface area contributed by atoms with Crippen LogP contribution in [0.1, 0.15) is 30.5 Å². The van der Waals surface area contributed by atoms with Gasteiger partial charge in [0.1, 0.15) is 5.75 Å². The molecule has 0 atom stereocenters. The standard InChI is InChI=1S/C16H28N2O/c1-12-8-13(2)15(19-7)14(9-12)10-18(6)11-16(3,4)17-5/h8-9,17H,10-11H2,1-7H3. The maximum atomic E-state index is 5.55. The van der Waals surface area contributed by atoms with E-state index in [4.69, 9.17) is 4.74 Å². The fraction of sp³-hybridized carbons (Fsp3) is 0.625. The maximum Gasteiger partial charge on any atom is 0.126 e. The van der Waals surface area contributed by atoms with Gasteiger partial charge in [-0.25, -0.2) is 0 Å². The number of likely N-dealkylation sites (N-methyl/N-ethyl adjacent to an activating group) is 2. The molecule has 0 saturated carbocycles. The summed E-state index contributed by atoms with van der Waals surface area (Å²) in [5.41, 5.74) is 3.86. The second kappa shape index (κ2) is 6.40. The summed E-state index contributed by atoms with van der Waals surface area (Å²) in [4.78, 5) is 2.33. The molecule has 0 bridgehead atoms. The fourth-order valence-electron chi connectivity index (χ4n) is 2.55. The number of aryl methyl sites for hydroxylation is 2. The molecule has 1 aromatic rings. The minimum absolute atomic E-state index is 0.112. The lowest BCUT2D eigenvalue weighted by Crippen LogP contribution is -2.46. The Morgan fingerprint density at radius 1 is 1.26 bits per heavy atom. The summed E-state index contributed by atoms with van der Waals surface area (Å²) in [6.45, 7) is 10.5. The maximum absolute atomic E-state index is 5.55. The molecular weight excluding hydrogens is 236 g/mol. The Balaban J connectivity index is 2.87. The van der Waals surface area contributed by atoms with Crippen molar-refractivity contribution in [1.82, 2.24) is 10.2 Å². The highest BCUT2D eigenvalue weighted by molar-refractivity contribution is 5.43. The topological polar surface area (TPSA) is 24.5 Å². The van der Waals surface area contributed by atoms with E-state index in [1.54, 1.807) is 7.11 Å². The summed E-state index contributed by atoms with van der Waals surface area (Å²) < 4.78 is 5.55. The summed E-state index contributed by atoms with van der Waals surface area (Å²) >= 11 is 0. The Hall–Kier alpha value is -1.06. The molecule has 1 N–H and O–H groups in total. The smallest absolute Gasteiger partial charge is 0.126 e. The van der Waals surface area contributed by atoms with E-state index in [9.17, 15) is 0 Å². The molecule has 0 radical (unpaired) electrons. The van der Waals surface area contributed by atoms with Gasteiger partial charge in [0, 0.05) is 24.2 Å². The lowest BCUT2D eigenvalue weighted by Gasteiger charge is -2.30. The Bertz CT molecular complexity index is 427. The highest BCUT2D eigenvalue weighted by atomic mass is 16.5. The molecular formula is C16H28N2O. The van der Waals surface area contributed by atoms with Crippen LogP contribution in [0.4, 0.5) is 0 Å². The van der Waals surface area contributed by atoms with Gasteiger partial charge in [0.15, 0.2) is 0 Å². The lowest BCUT2D eigenvalue weighted by molar-refractivity contribution is 0.235. The lowest BCUT2D eigenvalue weighted by atomic mass is 10.0. The van der Waals surface area contributed by atoms with Gasteiger partial charge in [-0.05, 0) is 47.4 Å². The predicted octanol–water partition coefficient (Wildman–Crippen LogP) is 2.74. The van der Waals surface area contributed by atoms with E-state index in [1.165, 1.54) is 16.7 Å². The van der Waals surface area contributed by atoms with Crippen molar-refractivity contribution in [3.63, 3.8) is 0 Å². The van der Waals surface area contributed by atoms with Crippen molar-refractivity contribution in [2.24, 2.45) is 0 Å². The van der Waals surface area contributed by atoms with Crippen LogP contribution in [0.15, 0.2) is 12.1 Å². The zero-order valence-electron chi connectivity index (χ0n) is 13.4. The summed E-state index contributed by atoms with van der Waals surface area (Å²) in [5.74, 6) is 1.01. The molecule has 3 heteroatoms. The average Bonchev–Trinajstić information content (AvgIpc) is 2.27. The molecule has 0 aliphatic rings. The highest BCUT2D eigenvalue weighted by Gasteiger charge is 2.18. The molecule has 108 valence electrons. The van der Waals surface area contributed by atoms with E-state index in [0.29, 0.717) is 0 Å². The van der Waals surface area contributed by atoms with Crippen LogP contribution in [-0.4, -0.2) is 38.2 Å². The number of hydrogen-bond donors (Lipinski definition) is 1. The molecule has 0 aliphatic heterocycles. The van der Waals surface area contributed by atoms with E-state index in [-0.39, 0.29) is 5.54 Å². The van der Waals surface area contributed by atoms with Crippen molar-refractivity contribution >= 4 is 0 Å². The number of rotatable bonds is 6. The minimum atomic E-state index is 0.112. The molecule has 0 aliphatic carbocycles. The Kier molecular flexibility index (Phi) is 5.39. The molecule has 3 nitrogen and oxygen atoms in total. The van der Waals surface area contributed by atoms with E-state index in [0.717, 1.165) is 18.8 Å². The summed E-state index contributed by atoms with van der Waals surface area (Å²) in [7, 11) is 5.90. The van der Waals surface area contributed by atoms with Crippen molar-refractivity contribution < 1.29 is 4.74 Å². The quantitative estimate of drug-likeness (QED) is 0.855. The van der Waals surface area contributed by atoms with Crippen LogP contribution in [0.2, 0.25) is 0 Å². The van der Waals surface area contributed by atoms with Gasteiger partial charge in [-0.1, -0.05) is 17.7 Å². The van der Waals surface area contributed by atoms with Crippen LogP contribution < -0.4 is 10.1 Å². The first-order chi connectivity index (χ1) is 8.79. The molecule has 0 spiro atoms. The third kappa shape index (κ3) is 4.51. The molecule has 0 fully saturated rings. The average molecular weight is 264 g/mol. The van der Waals surface area contributed by atoms with E-state index in [1.807, 2.05) is 7.05 Å². The fourth-order valence-corrected chi connectivity index (χ4v) is 2.55. The molecule has 1 rings (SSSR count). The van der Waals surface area contributed by atoms with Gasteiger partial charge in [0.2, 0.25) is 0 Å². The van der Waals surface area contributed by atoms with Gasteiger partial charge in [0.05, 0.1) is 7.11 Å². The van der Waals surface area contributed by atoms with Crippen molar-refractivity contribution in [3.8, 4) is 5.75 Å². The van der Waals surface area contributed by atoms with Gasteiger partial charge >= 0.3 is 0 Å². The zero-order chi connectivity index (χ0) is 14.6. The van der Waals surface area contributed by atoms with E-state index >= 15 is 0 Å². The van der Waals surface area contributed by atoms with Gasteiger partial charge in [-0.3, -0.25) is 0 Å². The van der Waals surface area contributed by atoms with Crippen molar-refractivity contribution in [3.05, 3.63) is 28.8 Å². The Morgan fingerprint density at radius 2 is 1.89 bits per heavy atom. The van der Waals surface area contributed by atoms with Gasteiger partial charge in [-0.2, -0.15) is 0 Å². The number of hydrogen-bond acceptors (Lipinski definition) is 3. The highest BCUT2D eigenvalue weighted by Crippen LogP contribution is 2.26. The Labute approximate surface area is 118 Å². The SMILES string of the molecule is CNC(C)(C)CN(C)Cc1cc(C)cc(C)c1OC. The number of nitrogens with zero attached hydrogens (tertiary/aromatic N) is 1. The molecule has 0 unspecified atom stereocenters. The Morgan fingerprint density at radius 3 is 2.42 bits per heavy atom. The predicted molar refractivity (Wildman–Crippen MR) is 81.9 cm³/mol. The third-order valence-electron chi connectivity index (χ3n) is 3.48. The van der Waals surface area contributed by atoms with Crippen molar-refractivity contribution in [1.29, 1.82) is 0 Å². The largest absolute Gasteiger partial charge is 0.496 e. The first-order valence-corrected chi connectivity index (χ1v) is 6.80. The van der Waals surface area contributed by atoms with Crippen LogP contribution in [-0.2, 0) is 6.54 Å². The van der Waals surface area contributed by atoms with Crippen LogP contribution >= 0.6 is 0 Å². The number of ether oxygens (including phenoxy) is 1. The normalized spacial score (nSPS) is 12.0. The van der Waals surface area contributed by atoms with Crippen LogP contribution in [0.5, 0.6) is 5.75 Å². The molecule has 0 saturated heterocycles. The van der Waals surface area contributed by atoms with Crippen LogP contribution in [0.25, 0.3) is 0 Å². The molecule has 19 heavy (non-hydrogen) atoms. The number of benzene rings is 1. The van der Waals surface area contributed by atoms with Gasteiger partial charge < -0.3 is 15.0 Å². The zero-order valence-corrected chi connectivity index (χ0v) is 13.4. The second-order valence-corrected chi connectivity index (χ2v) is 6.08. The van der Waals surface area contributed by atoms with Gasteiger partial charge in [0.25, 0.3) is 0 Å². The van der Waals surface area contributed by atoms with E-state index in [2.05, 4.69) is 57.1 Å². The number of nitrogens with one attached hydrogen (secondary N) is 1. The second-order valence-electron chi connectivity index (χ2n) is 6.08. The van der Waals surface area contributed by atoms with Crippen LogP contribution in [0.3, 0.4) is 0 Å². The van der Waals surface area contributed by atoms with Crippen molar-refractivity contribution in [2.75, 3.05) is 27.7 Å². The van der Waals surface area contributed by atoms with E-state index < -0.39 is 0 Å². The monoisotopic (exact) mass is 264 g/mol. The molecule has 0 amide bonds. The van der Waals surface area contributed by atoms with Crippen LogP contribution in [0, 0.1) is 13.8 Å². The summed E-state index contributed by atoms with van der Waals surface area (Å²) in [6.07, 6.45) is 0. The first kappa shape index (κ1) is 16.0. The van der Waals surface area contributed by atoms with Crippen molar-refractivity contribution in [2.45, 2.75) is 39.8 Å². The molecule has 1 aromatic carbocycles. The van der Waals surface area contributed by atoms with Gasteiger partial charge in [-0.15, -0.1) is 0 Å². The molecule has 0 aromatic heterocycles.